The second-order valence-electron chi connectivity index (χ2n) is 4.20. The third-order valence-corrected chi connectivity index (χ3v) is 2.79. The molecular weight excluding hydrogens is 230 g/mol. The number of benzene rings is 1. The largest absolute Gasteiger partial charge is 0.504 e. The van der Waals surface area contributed by atoms with Gasteiger partial charge in [0, 0.05) is 30.6 Å². The first-order valence-corrected chi connectivity index (χ1v) is 5.72. The number of rotatable bonds is 4. The number of aryl methyl sites for hydroxylation is 1. The maximum absolute atomic E-state index is 9.70. The quantitative estimate of drug-likeness (QED) is 0.870. The van der Waals surface area contributed by atoms with E-state index in [0.717, 1.165) is 11.3 Å². The summed E-state index contributed by atoms with van der Waals surface area (Å²) in [6.07, 6.45) is 3.78. The Hall–Kier alpha value is -2.17. The van der Waals surface area contributed by atoms with Crippen LogP contribution in [0, 0.1) is 0 Å². The van der Waals surface area contributed by atoms with Crippen LogP contribution in [0.2, 0.25) is 0 Å². The number of hydrogen-bond donors (Lipinski definition) is 2. The van der Waals surface area contributed by atoms with Crippen LogP contribution >= 0.6 is 0 Å². The number of hydrogen-bond acceptors (Lipinski definition) is 4. The fourth-order valence-electron chi connectivity index (χ4n) is 1.78. The van der Waals surface area contributed by atoms with E-state index in [1.165, 1.54) is 7.11 Å². The van der Waals surface area contributed by atoms with E-state index in [0.29, 0.717) is 5.75 Å². The highest BCUT2D eigenvalue weighted by Gasteiger charge is 2.09. The van der Waals surface area contributed by atoms with Crippen LogP contribution < -0.4 is 10.1 Å². The van der Waals surface area contributed by atoms with Crippen LogP contribution in [0.15, 0.2) is 30.6 Å². The van der Waals surface area contributed by atoms with E-state index in [1.807, 2.05) is 32.4 Å². The van der Waals surface area contributed by atoms with E-state index in [4.69, 9.17) is 4.74 Å². The van der Waals surface area contributed by atoms with Gasteiger partial charge in [0.25, 0.3) is 0 Å². The smallest absolute Gasteiger partial charge is 0.160 e. The highest BCUT2D eigenvalue weighted by atomic mass is 16.5. The maximum Gasteiger partial charge on any atom is 0.160 e. The molecule has 5 nitrogen and oxygen atoms in total. The fourth-order valence-corrected chi connectivity index (χ4v) is 1.78. The summed E-state index contributed by atoms with van der Waals surface area (Å²) in [5.41, 5.74) is 1.93. The monoisotopic (exact) mass is 247 g/mol. The Labute approximate surface area is 106 Å². The zero-order valence-corrected chi connectivity index (χ0v) is 10.7. The zero-order valence-electron chi connectivity index (χ0n) is 10.7. The summed E-state index contributed by atoms with van der Waals surface area (Å²) in [6.45, 7) is 2.04. The molecule has 0 bridgehead atoms. The lowest BCUT2D eigenvalue weighted by Crippen LogP contribution is -2.05. The van der Waals surface area contributed by atoms with Crippen LogP contribution in [0.3, 0.4) is 0 Å². The molecule has 5 heteroatoms. The molecule has 0 amide bonds. The second-order valence-corrected chi connectivity index (χ2v) is 4.20. The molecule has 0 aliphatic carbocycles. The number of phenols is 1. The van der Waals surface area contributed by atoms with Crippen molar-refractivity contribution < 1.29 is 9.84 Å². The van der Waals surface area contributed by atoms with Crippen molar-refractivity contribution in [3.05, 3.63) is 36.2 Å². The zero-order chi connectivity index (χ0) is 13.1. The third kappa shape index (κ3) is 2.56. The molecular formula is C13H17N3O2. The molecule has 1 unspecified atom stereocenters. The van der Waals surface area contributed by atoms with Crippen molar-refractivity contribution in [2.75, 3.05) is 12.4 Å². The first-order valence-electron chi connectivity index (χ1n) is 5.72. The van der Waals surface area contributed by atoms with Crippen LogP contribution in [0.4, 0.5) is 5.69 Å². The van der Waals surface area contributed by atoms with Crippen LogP contribution in [-0.4, -0.2) is 22.0 Å². The van der Waals surface area contributed by atoms with Crippen molar-refractivity contribution in [1.29, 1.82) is 0 Å². The standard InChI is InChI=1S/C13H17N3O2/c1-9(10-7-14-16(2)8-10)15-11-4-5-13(18-3)12(17)6-11/h4-9,15,17H,1-3H3. The molecule has 2 aromatic rings. The molecule has 1 atom stereocenters. The average Bonchev–Trinajstić information content (AvgIpc) is 2.76. The number of nitrogens with one attached hydrogen (secondary N) is 1. The molecule has 0 radical (unpaired) electrons. The SMILES string of the molecule is COc1ccc(NC(C)c2cnn(C)c2)cc1O. The first kappa shape index (κ1) is 12.3. The molecule has 2 rings (SSSR count). The van der Waals surface area contributed by atoms with Crippen LogP contribution in [-0.2, 0) is 7.05 Å². The predicted molar refractivity (Wildman–Crippen MR) is 69.9 cm³/mol. The first-order chi connectivity index (χ1) is 8.60. The summed E-state index contributed by atoms with van der Waals surface area (Å²) in [5.74, 6) is 0.593. The van der Waals surface area contributed by atoms with Gasteiger partial charge >= 0.3 is 0 Å². The van der Waals surface area contributed by atoms with E-state index in [-0.39, 0.29) is 11.8 Å². The lowest BCUT2D eigenvalue weighted by molar-refractivity contribution is 0.373. The summed E-state index contributed by atoms with van der Waals surface area (Å²) >= 11 is 0. The lowest BCUT2D eigenvalue weighted by Gasteiger charge is -2.14. The fraction of sp³-hybridized carbons (Fsp3) is 0.308. The summed E-state index contributed by atoms with van der Waals surface area (Å²) in [6, 6.07) is 5.36. The van der Waals surface area contributed by atoms with Gasteiger partial charge in [0.15, 0.2) is 11.5 Å². The van der Waals surface area contributed by atoms with E-state index >= 15 is 0 Å². The molecule has 0 aliphatic heterocycles. The van der Waals surface area contributed by atoms with Gasteiger partial charge in [-0.3, -0.25) is 4.68 Å². The van der Waals surface area contributed by atoms with Crippen molar-refractivity contribution in [3.8, 4) is 11.5 Å². The van der Waals surface area contributed by atoms with Crippen LogP contribution in [0.5, 0.6) is 11.5 Å². The van der Waals surface area contributed by atoms with Gasteiger partial charge in [0.2, 0.25) is 0 Å². The number of ether oxygens (including phenoxy) is 1. The summed E-state index contributed by atoms with van der Waals surface area (Å²) in [7, 11) is 3.41. The molecule has 0 aliphatic rings. The second kappa shape index (κ2) is 5.00. The van der Waals surface area contributed by atoms with E-state index in [1.54, 1.807) is 16.8 Å². The Morgan fingerprint density at radius 2 is 2.22 bits per heavy atom. The Balaban J connectivity index is 2.12. The predicted octanol–water partition coefficient (Wildman–Crippen LogP) is 2.31. The molecule has 1 aromatic heterocycles. The van der Waals surface area contributed by atoms with Gasteiger partial charge < -0.3 is 15.2 Å². The third-order valence-electron chi connectivity index (χ3n) is 2.79. The molecule has 1 aromatic carbocycles. The summed E-state index contributed by atoms with van der Waals surface area (Å²) in [5, 5.41) is 17.1. The molecule has 18 heavy (non-hydrogen) atoms. The van der Waals surface area contributed by atoms with Crippen LogP contribution in [0.25, 0.3) is 0 Å². The number of methoxy groups -OCH3 is 1. The van der Waals surface area contributed by atoms with Crippen molar-refractivity contribution >= 4 is 5.69 Å². The molecule has 96 valence electrons. The van der Waals surface area contributed by atoms with E-state index in [2.05, 4.69) is 10.4 Å². The van der Waals surface area contributed by atoms with Gasteiger partial charge in [-0.25, -0.2) is 0 Å². The van der Waals surface area contributed by atoms with Crippen molar-refractivity contribution in [3.63, 3.8) is 0 Å². The van der Waals surface area contributed by atoms with Gasteiger partial charge in [-0.2, -0.15) is 5.10 Å². The van der Waals surface area contributed by atoms with Crippen molar-refractivity contribution in [2.24, 2.45) is 7.05 Å². The van der Waals surface area contributed by atoms with Crippen molar-refractivity contribution in [2.45, 2.75) is 13.0 Å². The maximum atomic E-state index is 9.70. The van der Waals surface area contributed by atoms with Gasteiger partial charge in [-0.05, 0) is 19.1 Å². The van der Waals surface area contributed by atoms with Gasteiger partial charge in [-0.15, -0.1) is 0 Å². The molecule has 0 saturated heterocycles. The minimum absolute atomic E-state index is 0.117. The molecule has 0 saturated carbocycles. The number of aromatic nitrogens is 2. The lowest BCUT2D eigenvalue weighted by atomic mass is 10.1. The average molecular weight is 247 g/mol. The summed E-state index contributed by atoms with van der Waals surface area (Å²) < 4.78 is 6.76. The normalized spacial score (nSPS) is 12.2. The van der Waals surface area contributed by atoms with Crippen molar-refractivity contribution in [1.82, 2.24) is 9.78 Å². The highest BCUT2D eigenvalue weighted by Crippen LogP contribution is 2.30. The Bertz CT molecular complexity index is 537. The highest BCUT2D eigenvalue weighted by molar-refractivity contribution is 5.54. The van der Waals surface area contributed by atoms with Crippen LogP contribution in [0.1, 0.15) is 18.5 Å². The molecule has 2 N–H and O–H groups in total. The topological polar surface area (TPSA) is 59.3 Å². The Kier molecular flexibility index (Phi) is 3.41. The number of anilines is 1. The number of phenolic OH excluding ortho intramolecular Hbond substituents is 1. The minimum Gasteiger partial charge on any atom is -0.504 e. The molecule has 1 heterocycles. The van der Waals surface area contributed by atoms with E-state index in [9.17, 15) is 5.11 Å². The van der Waals surface area contributed by atoms with Gasteiger partial charge in [0.1, 0.15) is 0 Å². The number of nitrogens with zero attached hydrogens (tertiary/aromatic N) is 2. The van der Waals surface area contributed by atoms with Gasteiger partial charge in [-0.1, -0.05) is 0 Å². The summed E-state index contributed by atoms with van der Waals surface area (Å²) in [4.78, 5) is 0. The Morgan fingerprint density at radius 1 is 1.44 bits per heavy atom. The molecule has 0 spiro atoms. The van der Waals surface area contributed by atoms with E-state index < -0.39 is 0 Å². The minimum atomic E-state index is 0.117. The molecule has 0 fully saturated rings. The van der Waals surface area contributed by atoms with Gasteiger partial charge in [0.05, 0.1) is 19.3 Å². The Morgan fingerprint density at radius 3 is 2.78 bits per heavy atom. The number of aromatic hydroxyl groups is 1.